The first-order chi connectivity index (χ1) is 15.7. The lowest BCUT2D eigenvalue weighted by Gasteiger charge is -2.53. The zero-order valence-corrected chi connectivity index (χ0v) is 19.6. The van der Waals surface area contributed by atoms with Crippen LogP contribution < -0.4 is 0 Å². The van der Waals surface area contributed by atoms with Crippen molar-refractivity contribution >= 4 is 11.6 Å². The van der Waals surface area contributed by atoms with Gasteiger partial charge in [0, 0.05) is 23.3 Å². The summed E-state index contributed by atoms with van der Waals surface area (Å²) < 4.78 is 0. The van der Waals surface area contributed by atoms with Crippen LogP contribution in [0.5, 0.6) is 0 Å². The number of Topliss-reactive ketones (excluding diaryl/α,β-unsaturated/α-hetero) is 1. The van der Waals surface area contributed by atoms with Crippen molar-refractivity contribution in [2.45, 2.75) is 76.9 Å². The van der Waals surface area contributed by atoms with E-state index in [0.29, 0.717) is 24.8 Å². The number of fused-ring (bicyclic) bond motifs is 4. The van der Waals surface area contributed by atoms with Gasteiger partial charge in [-0.2, -0.15) is 0 Å². The van der Waals surface area contributed by atoms with Crippen molar-refractivity contribution < 1.29 is 19.8 Å². The summed E-state index contributed by atoms with van der Waals surface area (Å²) in [6.45, 7) is 5.39. The first-order valence-corrected chi connectivity index (χ1v) is 12.1. The molecular formula is C29H32O4. The van der Waals surface area contributed by atoms with E-state index >= 15 is 0 Å². The van der Waals surface area contributed by atoms with Gasteiger partial charge in [-0.15, -0.1) is 5.92 Å². The van der Waals surface area contributed by atoms with Crippen LogP contribution in [-0.2, 0) is 4.79 Å². The summed E-state index contributed by atoms with van der Waals surface area (Å²) in [6.07, 6.45) is 5.27. The van der Waals surface area contributed by atoms with Crippen LogP contribution in [0.25, 0.3) is 0 Å². The standard InChI is InChI=1S/C29H32O4/c1-4-13-29(33)26(32)15-25-23-11-9-20-14-21(31)10-12-22(20)27(23)24(16-28(25,29)3)19-7-5-18(6-8-19)17(2)30/h5-8,14,23-26,32-33H,9-12,15-16H2,1-3H3/t23-,24+,25-,26+,28-,29-/m0/s1. The molecule has 33 heavy (non-hydrogen) atoms. The van der Waals surface area contributed by atoms with E-state index in [2.05, 4.69) is 18.8 Å². The number of rotatable bonds is 2. The Morgan fingerprint density at radius 2 is 1.88 bits per heavy atom. The number of benzene rings is 1. The van der Waals surface area contributed by atoms with E-state index < -0.39 is 17.1 Å². The van der Waals surface area contributed by atoms with Crippen LogP contribution in [0.15, 0.2) is 47.1 Å². The summed E-state index contributed by atoms with van der Waals surface area (Å²) in [7, 11) is 0. The van der Waals surface area contributed by atoms with Crippen LogP contribution >= 0.6 is 0 Å². The molecule has 0 saturated heterocycles. The monoisotopic (exact) mass is 444 g/mol. The minimum Gasteiger partial charge on any atom is -0.389 e. The first-order valence-electron chi connectivity index (χ1n) is 12.1. The minimum absolute atomic E-state index is 0.0392. The summed E-state index contributed by atoms with van der Waals surface area (Å²) in [4.78, 5) is 24.0. The summed E-state index contributed by atoms with van der Waals surface area (Å²) in [5, 5.41) is 22.7. The van der Waals surface area contributed by atoms with Gasteiger partial charge in [-0.25, -0.2) is 0 Å². The Bertz CT molecular complexity index is 1140. The van der Waals surface area contributed by atoms with Crippen LogP contribution in [0.2, 0.25) is 0 Å². The normalized spacial score (nSPS) is 37.4. The molecule has 2 N–H and O–H groups in total. The summed E-state index contributed by atoms with van der Waals surface area (Å²) in [5.74, 6) is 6.56. The third-order valence-corrected chi connectivity index (χ3v) is 8.99. The molecule has 5 rings (SSSR count). The molecule has 172 valence electrons. The van der Waals surface area contributed by atoms with Gasteiger partial charge < -0.3 is 10.2 Å². The summed E-state index contributed by atoms with van der Waals surface area (Å²) in [6, 6.07) is 7.85. The van der Waals surface area contributed by atoms with Gasteiger partial charge in [0.05, 0.1) is 6.10 Å². The quantitative estimate of drug-likeness (QED) is 0.520. The SMILES string of the molecule is CC#C[C@]1(O)[C@H](O)C[C@H]2[C@@H]3CCC4=CC(=O)CCC4=C3[C@@H](c3ccc(C(C)=O)cc3)C[C@@]21C. The topological polar surface area (TPSA) is 74.6 Å². The molecule has 0 spiro atoms. The van der Waals surface area contributed by atoms with Crippen molar-refractivity contribution in [3.05, 3.63) is 58.2 Å². The Morgan fingerprint density at radius 1 is 1.15 bits per heavy atom. The van der Waals surface area contributed by atoms with E-state index in [1.54, 1.807) is 13.8 Å². The van der Waals surface area contributed by atoms with Gasteiger partial charge >= 0.3 is 0 Å². The molecule has 0 radical (unpaired) electrons. The Balaban J connectivity index is 1.69. The largest absolute Gasteiger partial charge is 0.389 e. The number of hydrogen-bond acceptors (Lipinski definition) is 4. The third kappa shape index (κ3) is 3.21. The Labute approximate surface area is 195 Å². The number of allylic oxidation sites excluding steroid dienone is 4. The number of aliphatic hydroxyl groups is 2. The smallest absolute Gasteiger partial charge is 0.159 e. The summed E-state index contributed by atoms with van der Waals surface area (Å²) >= 11 is 0. The molecule has 0 aromatic heterocycles. The van der Waals surface area contributed by atoms with E-state index in [9.17, 15) is 19.8 Å². The fourth-order valence-corrected chi connectivity index (χ4v) is 7.34. The average molecular weight is 445 g/mol. The van der Waals surface area contributed by atoms with E-state index in [4.69, 9.17) is 0 Å². The second-order valence-corrected chi connectivity index (χ2v) is 10.6. The second-order valence-electron chi connectivity index (χ2n) is 10.6. The molecule has 0 bridgehead atoms. The Kier molecular flexibility index (Phi) is 5.27. The molecule has 4 nitrogen and oxygen atoms in total. The van der Waals surface area contributed by atoms with Gasteiger partial charge in [0.1, 0.15) is 0 Å². The lowest BCUT2D eigenvalue weighted by molar-refractivity contribution is -0.114. The molecule has 0 amide bonds. The molecule has 2 fully saturated rings. The lowest BCUT2D eigenvalue weighted by atomic mass is 9.51. The maximum atomic E-state index is 12.2. The fourth-order valence-electron chi connectivity index (χ4n) is 7.34. The van der Waals surface area contributed by atoms with Gasteiger partial charge in [-0.3, -0.25) is 9.59 Å². The van der Waals surface area contributed by atoms with Gasteiger partial charge in [-0.05, 0) is 80.6 Å². The summed E-state index contributed by atoms with van der Waals surface area (Å²) in [5.41, 5.74) is 3.69. The van der Waals surface area contributed by atoms with Crippen LogP contribution in [0, 0.1) is 29.1 Å². The molecule has 1 aromatic rings. The molecule has 6 atom stereocenters. The molecule has 0 aliphatic heterocycles. The predicted molar refractivity (Wildman–Crippen MR) is 126 cm³/mol. The molecule has 2 saturated carbocycles. The molecule has 1 aromatic carbocycles. The van der Waals surface area contributed by atoms with Crippen molar-refractivity contribution in [2.24, 2.45) is 17.3 Å². The zero-order valence-electron chi connectivity index (χ0n) is 19.6. The highest BCUT2D eigenvalue weighted by atomic mass is 16.3. The highest BCUT2D eigenvalue weighted by molar-refractivity contribution is 5.94. The highest BCUT2D eigenvalue weighted by Gasteiger charge is 2.66. The molecule has 4 heteroatoms. The van der Waals surface area contributed by atoms with Gasteiger partial charge in [0.25, 0.3) is 0 Å². The van der Waals surface area contributed by atoms with Crippen LogP contribution in [0.3, 0.4) is 0 Å². The van der Waals surface area contributed by atoms with Crippen molar-refractivity contribution in [2.75, 3.05) is 0 Å². The maximum absolute atomic E-state index is 12.2. The number of hydrogen-bond donors (Lipinski definition) is 2. The van der Waals surface area contributed by atoms with E-state index in [1.165, 1.54) is 16.7 Å². The molecule has 0 heterocycles. The van der Waals surface area contributed by atoms with Crippen molar-refractivity contribution in [1.29, 1.82) is 0 Å². The highest BCUT2D eigenvalue weighted by Crippen LogP contribution is 2.66. The van der Waals surface area contributed by atoms with Crippen LogP contribution in [0.4, 0.5) is 0 Å². The zero-order chi connectivity index (χ0) is 23.5. The molecule has 4 aliphatic carbocycles. The number of carbonyl (C=O) groups excluding carboxylic acids is 2. The van der Waals surface area contributed by atoms with Gasteiger partial charge in [-0.1, -0.05) is 42.7 Å². The Morgan fingerprint density at radius 3 is 2.55 bits per heavy atom. The third-order valence-electron chi connectivity index (χ3n) is 8.99. The number of aliphatic hydroxyl groups excluding tert-OH is 1. The maximum Gasteiger partial charge on any atom is 0.159 e. The molecule has 0 unspecified atom stereocenters. The van der Waals surface area contributed by atoms with Crippen LogP contribution in [0.1, 0.15) is 81.1 Å². The van der Waals surface area contributed by atoms with Crippen molar-refractivity contribution in [1.82, 2.24) is 0 Å². The fraction of sp³-hybridized carbons (Fsp3) is 0.517. The van der Waals surface area contributed by atoms with Crippen molar-refractivity contribution in [3.8, 4) is 11.8 Å². The van der Waals surface area contributed by atoms with Crippen LogP contribution in [-0.4, -0.2) is 33.5 Å². The van der Waals surface area contributed by atoms with Gasteiger partial charge in [0.2, 0.25) is 0 Å². The van der Waals surface area contributed by atoms with E-state index in [-0.39, 0.29) is 29.3 Å². The Hall–Kier alpha value is -2.48. The van der Waals surface area contributed by atoms with Crippen molar-refractivity contribution in [3.63, 3.8) is 0 Å². The average Bonchev–Trinajstić information content (AvgIpc) is 2.99. The van der Waals surface area contributed by atoms with E-state index in [0.717, 1.165) is 24.8 Å². The second kappa shape index (κ2) is 7.79. The number of ketones is 2. The predicted octanol–water partition coefficient (Wildman–Crippen LogP) is 4.51. The lowest BCUT2D eigenvalue weighted by Crippen LogP contribution is -2.54. The number of carbonyl (C=O) groups is 2. The molecular weight excluding hydrogens is 412 g/mol. The first kappa shape index (κ1) is 22.3. The van der Waals surface area contributed by atoms with E-state index in [1.807, 2.05) is 30.3 Å². The molecule has 4 aliphatic rings. The van der Waals surface area contributed by atoms with Gasteiger partial charge in [0.15, 0.2) is 17.2 Å². The minimum atomic E-state index is -1.45.